The molecule has 0 atom stereocenters. The second-order valence-electron chi connectivity index (χ2n) is 2.17. The lowest BCUT2D eigenvalue weighted by atomic mass is 10.4. The summed E-state index contributed by atoms with van der Waals surface area (Å²) in [5.41, 5.74) is 1.10. The Kier molecular flexibility index (Phi) is 2.74. The van der Waals surface area contributed by atoms with Crippen molar-refractivity contribution in [3.8, 4) is 0 Å². The summed E-state index contributed by atoms with van der Waals surface area (Å²) in [6, 6.07) is 3.95. The van der Waals surface area contributed by atoms with Gasteiger partial charge >= 0.3 is 0 Å². The molecular formula is C8H12N2. The minimum Gasteiger partial charge on any atom is -0.384 e. The molecule has 2 heteroatoms. The Hall–Kier alpha value is -1.05. The van der Waals surface area contributed by atoms with Crippen molar-refractivity contribution in [2.45, 2.75) is 13.3 Å². The molecule has 1 aromatic heterocycles. The Bertz CT molecular complexity index is 172. The summed E-state index contributed by atoms with van der Waals surface area (Å²) in [5.74, 6) is 0. The highest BCUT2D eigenvalue weighted by molar-refractivity contribution is 5.39. The fourth-order valence-electron chi connectivity index (χ4n) is 0.737. The molecule has 0 aliphatic rings. The van der Waals surface area contributed by atoms with Gasteiger partial charge in [-0.15, -0.1) is 0 Å². The van der Waals surface area contributed by atoms with Crippen molar-refractivity contribution in [2.75, 3.05) is 11.9 Å². The van der Waals surface area contributed by atoms with E-state index in [9.17, 15) is 0 Å². The van der Waals surface area contributed by atoms with E-state index in [1.807, 2.05) is 18.3 Å². The molecule has 0 saturated carbocycles. The lowest BCUT2D eigenvalue weighted by Crippen LogP contribution is -1.98. The predicted octanol–water partition coefficient (Wildman–Crippen LogP) is 1.90. The van der Waals surface area contributed by atoms with Gasteiger partial charge in [-0.2, -0.15) is 0 Å². The molecule has 54 valence electrons. The third kappa shape index (κ3) is 2.05. The van der Waals surface area contributed by atoms with E-state index in [1.165, 1.54) is 0 Å². The molecule has 0 aliphatic carbocycles. The van der Waals surface area contributed by atoms with Crippen LogP contribution in [0.15, 0.2) is 24.5 Å². The quantitative estimate of drug-likeness (QED) is 0.686. The summed E-state index contributed by atoms with van der Waals surface area (Å²) < 4.78 is 0. The third-order valence-corrected chi connectivity index (χ3v) is 1.24. The van der Waals surface area contributed by atoms with E-state index in [4.69, 9.17) is 0 Å². The Morgan fingerprint density at radius 1 is 1.60 bits per heavy atom. The van der Waals surface area contributed by atoms with Crippen molar-refractivity contribution in [3.05, 3.63) is 24.5 Å². The molecule has 0 spiro atoms. The van der Waals surface area contributed by atoms with Gasteiger partial charge in [0.15, 0.2) is 0 Å². The first kappa shape index (κ1) is 7.06. The topological polar surface area (TPSA) is 24.9 Å². The first-order valence-electron chi connectivity index (χ1n) is 3.57. The molecule has 0 amide bonds. The van der Waals surface area contributed by atoms with Crippen molar-refractivity contribution in [2.24, 2.45) is 0 Å². The highest BCUT2D eigenvalue weighted by atomic mass is 14.9. The summed E-state index contributed by atoms with van der Waals surface area (Å²) in [7, 11) is 0. The maximum Gasteiger partial charge on any atom is 0.0526 e. The molecule has 2 nitrogen and oxygen atoms in total. The lowest BCUT2D eigenvalue weighted by molar-refractivity contribution is 0.977. The normalized spacial score (nSPS) is 9.30. The van der Waals surface area contributed by atoms with Crippen LogP contribution in [0.1, 0.15) is 13.3 Å². The van der Waals surface area contributed by atoms with Gasteiger partial charge in [0.2, 0.25) is 0 Å². The number of hydrogen-bond acceptors (Lipinski definition) is 2. The largest absolute Gasteiger partial charge is 0.384 e. The second-order valence-corrected chi connectivity index (χ2v) is 2.17. The third-order valence-electron chi connectivity index (χ3n) is 1.24. The summed E-state index contributed by atoms with van der Waals surface area (Å²) >= 11 is 0. The summed E-state index contributed by atoms with van der Waals surface area (Å²) in [4.78, 5) is 3.98. The van der Waals surface area contributed by atoms with E-state index < -0.39 is 0 Å². The zero-order chi connectivity index (χ0) is 7.23. The van der Waals surface area contributed by atoms with Gasteiger partial charge in [-0.25, -0.2) is 0 Å². The van der Waals surface area contributed by atoms with Crippen molar-refractivity contribution in [3.63, 3.8) is 0 Å². The molecule has 10 heavy (non-hydrogen) atoms. The number of aromatic nitrogens is 1. The SMILES string of the molecule is CCCNc1cccnc1. The van der Waals surface area contributed by atoms with Crippen LogP contribution in [0.4, 0.5) is 5.69 Å². The first-order valence-corrected chi connectivity index (χ1v) is 3.57. The van der Waals surface area contributed by atoms with Crippen LogP contribution in [0.5, 0.6) is 0 Å². The zero-order valence-electron chi connectivity index (χ0n) is 6.17. The molecule has 0 bridgehead atoms. The average Bonchev–Trinajstić information content (AvgIpc) is 2.03. The van der Waals surface area contributed by atoms with Gasteiger partial charge in [-0.3, -0.25) is 4.98 Å². The molecule has 1 aromatic rings. The molecule has 1 rings (SSSR count). The fourth-order valence-corrected chi connectivity index (χ4v) is 0.737. The molecule has 1 heterocycles. The number of rotatable bonds is 3. The van der Waals surface area contributed by atoms with Gasteiger partial charge in [0.05, 0.1) is 5.69 Å². The molecule has 0 saturated heterocycles. The van der Waals surface area contributed by atoms with Gasteiger partial charge < -0.3 is 5.32 Å². The van der Waals surface area contributed by atoms with E-state index in [0.717, 1.165) is 18.7 Å². The van der Waals surface area contributed by atoms with E-state index in [1.54, 1.807) is 6.20 Å². The van der Waals surface area contributed by atoms with Gasteiger partial charge in [-0.05, 0) is 18.6 Å². The number of pyridine rings is 1. The first-order chi connectivity index (χ1) is 4.93. The summed E-state index contributed by atoms with van der Waals surface area (Å²) in [6.45, 7) is 3.16. The van der Waals surface area contributed by atoms with E-state index >= 15 is 0 Å². The highest BCUT2D eigenvalue weighted by Crippen LogP contribution is 2.01. The Balaban J connectivity index is 2.43. The minimum atomic E-state index is 1.02. The maximum atomic E-state index is 3.98. The van der Waals surface area contributed by atoms with Crippen molar-refractivity contribution < 1.29 is 0 Å². The fraction of sp³-hybridized carbons (Fsp3) is 0.375. The number of anilines is 1. The van der Waals surface area contributed by atoms with Crippen LogP contribution < -0.4 is 5.32 Å². The Labute approximate surface area is 61.3 Å². The van der Waals surface area contributed by atoms with Gasteiger partial charge in [0.1, 0.15) is 0 Å². The average molecular weight is 136 g/mol. The van der Waals surface area contributed by atoms with Crippen molar-refractivity contribution in [1.82, 2.24) is 4.98 Å². The van der Waals surface area contributed by atoms with Gasteiger partial charge in [0, 0.05) is 18.9 Å². The molecule has 0 aliphatic heterocycles. The van der Waals surface area contributed by atoms with Crippen molar-refractivity contribution >= 4 is 5.69 Å². The lowest BCUT2D eigenvalue weighted by Gasteiger charge is -2.01. The molecule has 1 N–H and O–H groups in total. The number of nitrogens with one attached hydrogen (secondary N) is 1. The van der Waals surface area contributed by atoms with Gasteiger partial charge in [0.25, 0.3) is 0 Å². The van der Waals surface area contributed by atoms with Gasteiger partial charge in [-0.1, -0.05) is 6.92 Å². The number of hydrogen-bond donors (Lipinski definition) is 1. The summed E-state index contributed by atoms with van der Waals surface area (Å²) in [6.07, 6.45) is 4.75. The van der Waals surface area contributed by atoms with Crippen LogP contribution in [0, 0.1) is 0 Å². The van der Waals surface area contributed by atoms with Crippen LogP contribution in [0.3, 0.4) is 0 Å². The smallest absolute Gasteiger partial charge is 0.0526 e. The van der Waals surface area contributed by atoms with Crippen LogP contribution in [0.25, 0.3) is 0 Å². The van der Waals surface area contributed by atoms with E-state index in [0.29, 0.717) is 0 Å². The molecule has 0 radical (unpaired) electrons. The maximum absolute atomic E-state index is 3.98. The standard InChI is InChI=1S/C8H12N2/c1-2-5-10-8-4-3-6-9-7-8/h3-4,6-7,10H,2,5H2,1H3. The van der Waals surface area contributed by atoms with Crippen molar-refractivity contribution in [1.29, 1.82) is 0 Å². The molecular weight excluding hydrogens is 124 g/mol. The summed E-state index contributed by atoms with van der Waals surface area (Å²) in [5, 5.41) is 3.23. The van der Waals surface area contributed by atoms with Crippen LogP contribution in [0.2, 0.25) is 0 Å². The van der Waals surface area contributed by atoms with Crippen LogP contribution >= 0.6 is 0 Å². The highest BCUT2D eigenvalue weighted by Gasteiger charge is 1.85. The predicted molar refractivity (Wildman–Crippen MR) is 43.0 cm³/mol. The Morgan fingerprint density at radius 3 is 3.10 bits per heavy atom. The minimum absolute atomic E-state index is 1.02. The van der Waals surface area contributed by atoms with E-state index in [-0.39, 0.29) is 0 Å². The molecule has 0 fully saturated rings. The molecule has 0 aromatic carbocycles. The molecule has 0 unspecified atom stereocenters. The van der Waals surface area contributed by atoms with Crippen LogP contribution in [-0.4, -0.2) is 11.5 Å². The monoisotopic (exact) mass is 136 g/mol. The second kappa shape index (κ2) is 3.88. The van der Waals surface area contributed by atoms with Crippen LogP contribution in [-0.2, 0) is 0 Å². The Morgan fingerprint density at radius 2 is 2.50 bits per heavy atom. The zero-order valence-corrected chi connectivity index (χ0v) is 6.17. The van der Waals surface area contributed by atoms with E-state index in [2.05, 4.69) is 17.2 Å². The number of nitrogens with zero attached hydrogens (tertiary/aromatic N) is 1.